The quantitative estimate of drug-likeness (QED) is 0.853. The van der Waals surface area contributed by atoms with Crippen molar-refractivity contribution in [3.05, 3.63) is 28.2 Å². The zero-order valence-corrected chi connectivity index (χ0v) is 14.2. The predicted octanol–water partition coefficient (Wildman–Crippen LogP) is 3.17. The largest absolute Gasteiger partial charge is 0.480 e. The van der Waals surface area contributed by atoms with E-state index in [0.29, 0.717) is 0 Å². The third kappa shape index (κ3) is 4.45. The Balaban J connectivity index is 2.19. The van der Waals surface area contributed by atoms with Crippen molar-refractivity contribution >= 4 is 21.8 Å². The molecular formula is C16H23BrN2O2. The molecule has 2 rings (SSSR count). The summed E-state index contributed by atoms with van der Waals surface area (Å²) in [5.74, 6) is 0.783. The van der Waals surface area contributed by atoms with E-state index in [4.69, 9.17) is 4.74 Å². The number of nitrogens with one attached hydrogen (secondary N) is 2. The highest BCUT2D eigenvalue weighted by molar-refractivity contribution is 9.10. The van der Waals surface area contributed by atoms with Crippen molar-refractivity contribution in [1.82, 2.24) is 10.6 Å². The summed E-state index contributed by atoms with van der Waals surface area (Å²) in [6.07, 6.45) is 2.42. The van der Waals surface area contributed by atoms with Crippen LogP contribution in [0.15, 0.2) is 22.7 Å². The minimum Gasteiger partial charge on any atom is -0.480 e. The maximum Gasteiger partial charge on any atom is 0.261 e. The first-order chi connectivity index (χ1) is 10.1. The second-order valence-electron chi connectivity index (χ2n) is 5.35. The Labute approximate surface area is 134 Å². The second-order valence-corrected chi connectivity index (χ2v) is 6.27. The van der Waals surface area contributed by atoms with Gasteiger partial charge < -0.3 is 15.4 Å². The highest BCUT2D eigenvalue weighted by atomic mass is 79.9. The summed E-state index contributed by atoms with van der Waals surface area (Å²) < 4.78 is 7.04. The highest BCUT2D eigenvalue weighted by Crippen LogP contribution is 2.30. The fourth-order valence-corrected chi connectivity index (χ4v) is 2.94. The Morgan fingerprint density at radius 1 is 1.48 bits per heavy atom. The summed E-state index contributed by atoms with van der Waals surface area (Å²) in [6, 6.07) is 6.12. The van der Waals surface area contributed by atoms with Gasteiger partial charge in [-0.25, -0.2) is 0 Å². The van der Waals surface area contributed by atoms with Gasteiger partial charge in [-0.1, -0.05) is 22.9 Å². The van der Waals surface area contributed by atoms with E-state index in [1.54, 1.807) is 0 Å². The lowest BCUT2D eigenvalue weighted by Crippen LogP contribution is -2.36. The van der Waals surface area contributed by atoms with Crippen LogP contribution in [0.3, 0.4) is 0 Å². The number of carbonyl (C=O) groups is 1. The number of halogens is 1. The summed E-state index contributed by atoms with van der Waals surface area (Å²) in [5, 5.41) is 6.30. The normalized spacial score (nSPS) is 20.5. The number of hydrogen-bond acceptors (Lipinski definition) is 3. The van der Waals surface area contributed by atoms with E-state index >= 15 is 0 Å². The molecule has 0 bridgehead atoms. The molecule has 2 N–H and O–H groups in total. The van der Waals surface area contributed by atoms with E-state index in [1.165, 1.54) is 0 Å². The van der Waals surface area contributed by atoms with E-state index in [1.807, 2.05) is 12.1 Å². The number of amides is 1. The van der Waals surface area contributed by atoms with Crippen molar-refractivity contribution in [2.45, 2.75) is 45.3 Å². The van der Waals surface area contributed by atoms with Gasteiger partial charge in [0, 0.05) is 22.6 Å². The number of carbonyl (C=O) groups excluding carboxylic acids is 1. The molecule has 0 aliphatic carbocycles. The van der Waals surface area contributed by atoms with Crippen molar-refractivity contribution in [3.8, 4) is 5.75 Å². The molecule has 0 aromatic heterocycles. The first-order valence-corrected chi connectivity index (χ1v) is 8.38. The highest BCUT2D eigenvalue weighted by Gasteiger charge is 2.24. The average molecular weight is 355 g/mol. The van der Waals surface area contributed by atoms with Crippen LogP contribution in [0, 0.1) is 0 Å². The lowest BCUT2D eigenvalue weighted by Gasteiger charge is -2.22. The van der Waals surface area contributed by atoms with Crippen LogP contribution >= 0.6 is 15.9 Å². The van der Waals surface area contributed by atoms with Gasteiger partial charge in [0.05, 0.1) is 0 Å². The van der Waals surface area contributed by atoms with Crippen LogP contribution in [0.5, 0.6) is 5.75 Å². The fourth-order valence-electron chi connectivity index (χ4n) is 2.56. The van der Waals surface area contributed by atoms with E-state index < -0.39 is 0 Å². The first kappa shape index (κ1) is 16.3. The van der Waals surface area contributed by atoms with Gasteiger partial charge in [-0.2, -0.15) is 0 Å². The summed E-state index contributed by atoms with van der Waals surface area (Å²) >= 11 is 3.50. The third-order valence-corrected chi connectivity index (χ3v) is 4.20. The Kier molecular flexibility index (Phi) is 6.06. The number of hydrogen-bond donors (Lipinski definition) is 2. The molecule has 1 aromatic rings. The lowest BCUT2D eigenvalue weighted by atomic mass is 10.1. The van der Waals surface area contributed by atoms with Crippen LogP contribution < -0.4 is 15.4 Å². The van der Waals surface area contributed by atoms with Crippen molar-refractivity contribution < 1.29 is 9.53 Å². The zero-order valence-electron chi connectivity index (χ0n) is 12.6. The molecule has 1 heterocycles. The molecule has 1 saturated heterocycles. The van der Waals surface area contributed by atoms with Gasteiger partial charge in [0.2, 0.25) is 0 Å². The second kappa shape index (κ2) is 7.80. The number of benzene rings is 1. The average Bonchev–Trinajstić information content (AvgIpc) is 2.66. The van der Waals surface area contributed by atoms with Crippen molar-refractivity contribution in [1.29, 1.82) is 0 Å². The molecule has 21 heavy (non-hydrogen) atoms. The van der Waals surface area contributed by atoms with Crippen LogP contribution in [0.25, 0.3) is 0 Å². The van der Waals surface area contributed by atoms with Crippen LogP contribution in [-0.2, 0) is 4.79 Å². The minimum atomic E-state index is -0.388. The molecule has 0 radical (unpaired) electrons. The molecule has 1 amide bonds. The molecule has 1 fully saturated rings. The SMILES string of the molecule is CCNC(C)c1cc(Br)ccc1OC1CCCCNC1=O. The van der Waals surface area contributed by atoms with Gasteiger partial charge in [-0.05, 0) is 50.9 Å². The molecule has 1 aliphatic heterocycles. The van der Waals surface area contributed by atoms with Gasteiger partial charge >= 0.3 is 0 Å². The molecule has 4 nitrogen and oxygen atoms in total. The molecule has 0 saturated carbocycles. The fraction of sp³-hybridized carbons (Fsp3) is 0.562. The van der Waals surface area contributed by atoms with Crippen LogP contribution in [0.1, 0.15) is 44.7 Å². The predicted molar refractivity (Wildman–Crippen MR) is 87.5 cm³/mol. The number of ether oxygens (including phenoxy) is 1. The van der Waals surface area contributed by atoms with Gasteiger partial charge in [0.1, 0.15) is 5.75 Å². The van der Waals surface area contributed by atoms with Crippen LogP contribution in [0.2, 0.25) is 0 Å². The molecule has 2 atom stereocenters. The van der Waals surface area contributed by atoms with E-state index in [9.17, 15) is 4.79 Å². The van der Waals surface area contributed by atoms with Crippen molar-refractivity contribution in [2.24, 2.45) is 0 Å². The topological polar surface area (TPSA) is 50.4 Å². The first-order valence-electron chi connectivity index (χ1n) is 7.59. The van der Waals surface area contributed by atoms with Gasteiger partial charge in [0.25, 0.3) is 5.91 Å². The summed E-state index contributed by atoms with van der Waals surface area (Å²) in [5.41, 5.74) is 1.07. The van der Waals surface area contributed by atoms with E-state index in [2.05, 4.69) is 46.5 Å². The van der Waals surface area contributed by atoms with E-state index in [-0.39, 0.29) is 18.1 Å². The standard InChI is InChI=1S/C16H23BrN2O2/c1-3-18-11(2)13-10-12(17)7-8-14(13)21-15-6-4-5-9-19-16(15)20/h7-8,10-11,15,18H,3-6,9H2,1-2H3,(H,19,20). The molecule has 116 valence electrons. The maximum atomic E-state index is 12.0. The smallest absolute Gasteiger partial charge is 0.261 e. The monoisotopic (exact) mass is 354 g/mol. The molecule has 1 aliphatic rings. The zero-order chi connectivity index (χ0) is 15.2. The van der Waals surface area contributed by atoms with Crippen molar-refractivity contribution in [3.63, 3.8) is 0 Å². The van der Waals surface area contributed by atoms with E-state index in [0.717, 1.165) is 48.1 Å². The Hall–Kier alpha value is -1.07. The molecule has 5 heteroatoms. The third-order valence-electron chi connectivity index (χ3n) is 3.70. The maximum absolute atomic E-state index is 12.0. The molecule has 0 spiro atoms. The van der Waals surface area contributed by atoms with Crippen LogP contribution in [0.4, 0.5) is 0 Å². The van der Waals surface area contributed by atoms with Gasteiger partial charge in [0.15, 0.2) is 6.10 Å². The Bertz CT molecular complexity index is 493. The molecule has 2 unspecified atom stereocenters. The Morgan fingerprint density at radius 3 is 3.05 bits per heavy atom. The summed E-state index contributed by atoms with van der Waals surface area (Å²) in [6.45, 7) is 5.82. The molecule has 1 aromatic carbocycles. The van der Waals surface area contributed by atoms with Crippen molar-refractivity contribution in [2.75, 3.05) is 13.1 Å². The number of rotatable bonds is 5. The van der Waals surface area contributed by atoms with Crippen LogP contribution in [-0.4, -0.2) is 25.1 Å². The Morgan fingerprint density at radius 2 is 2.29 bits per heavy atom. The van der Waals surface area contributed by atoms with Gasteiger partial charge in [-0.3, -0.25) is 4.79 Å². The lowest BCUT2D eigenvalue weighted by molar-refractivity contribution is -0.127. The summed E-state index contributed by atoms with van der Waals surface area (Å²) in [4.78, 5) is 12.0. The minimum absolute atomic E-state index is 0.00234. The summed E-state index contributed by atoms with van der Waals surface area (Å²) in [7, 11) is 0. The molecular weight excluding hydrogens is 332 g/mol. The van der Waals surface area contributed by atoms with Gasteiger partial charge in [-0.15, -0.1) is 0 Å².